The van der Waals surface area contributed by atoms with Crippen molar-refractivity contribution in [3.63, 3.8) is 0 Å². The Kier molecular flexibility index (Phi) is 5.08. The molecule has 2 heteroatoms. The summed E-state index contributed by atoms with van der Waals surface area (Å²) >= 11 is 0. The summed E-state index contributed by atoms with van der Waals surface area (Å²) in [5, 5.41) is 0. The van der Waals surface area contributed by atoms with Gasteiger partial charge in [-0.15, -0.1) is 0 Å². The molecule has 0 aliphatic carbocycles. The molecule has 0 spiro atoms. The van der Waals surface area contributed by atoms with Crippen LogP contribution in [0.2, 0.25) is 0 Å². The predicted molar refractivity (Wildman–Crippen MR) is 82.6 cm³/mol. The fourth-order valence-electron chi connectivity index (χ4n) is 2.32. The molecule has 0 fully saturated rings. The zero-order chi connectivity index (χ0) is 14.4. The zero-order valence-corrected chi connectivity index (χ0v) is 11.9. The molecule has 0 aliphatic heterocycles. The van der Waals surface area contributed by atoms with Crippen LogP contribution in [0.5, 0.6) is 0 Å². The molecule has 0 aromatic heterocycles. The molecule has 0 aliphatic rings. The lowest BCUT2D eigenvalue weighted by Crippen LogP contribution is -2.10. The van der Waals surface area contributed by atoms with Gasteiger partial charge >= 0.3 is 0 Å². The molecule has 0 heterocycles. The van der Waals surface area contributed by atoms with Gasteiger partial charge in [0.05, 0.1) is 0 Å². The zero-order valence-electron chi connectivity index (χ0n) is 11.9. The van der Waals surface area contributed by atoms with Crippen molar-refractivity contribution in [3.05, 3.63) is 70.8 Å². The van der Waals surface area contributed by atoms with Gasteiger partial charge in [0.2, 0.25) is 0 Å². The van der Waals surface area contributed by atoms with E-state index in [1.54, 1.807) is 0 Å². The first-order valence-corrected chi connectivity index (χ1v) is 7.09. The van der Waals surface area contributed by atoms with Gasteiger partial charge in [-0.05, 0) is 28.7 Å². The van der Waals surface area contributed by atoms with Gasteiger partial charge in [0.15, 0.2) is 0 Å². The van der Waals surface area contributed by atoms with Gasteiger partial charge in [-0.3, -0.25) is 4.79 Å². The SMILES string of the molecule is CCc1ccc(CC(=O)Cc2ccccc2CN)cc1. The van der Waals surface area contributed by atoms with E-state index in [2.05, 4.69) is 19.1 Å². The van der Waals surface area contributed by atoms with Crippen molar-refractivity contribution < 1.29 is 4.79 Å². The summed E-state index contributed by atoms with van der Waals surface area (Å²) in [6.45, 7) is 2.61. The molecular weight excluding hydrogens is 246 g/mol. The van der Waals surface area contributed by atoms with Gasteiger partial charge < -0.3 is 5.73 Å². The molecule has 0 saturated carbocycles. The van der Waals surface area contributed by atoms with E-state index in [1.807, 2.05) is 36.4 Å². The molecular formula is C18H21NO. The van der Waals surface area contributed by atoms with Gasteiger partial charge in [-0.25, -0.2) is 0 Å². The third-order valence-corrected chi connectivity index (χ3v) is 3.56. The average molecular weight is 267 g/mol. The molecule has 0 bridgehead atoms. The molecule has 0 unspecified atom stereocenters. The maximum absolute atomic E-state index is 12.2. The quantitative estimate of drug-likeness (QED) is 0.874. The fourth-order valence-corrected chi connectivity index (χ4v) is 2.32. The normalized spacial score (nSPS) is 10.5. The van der Waals surface area contributed by atoms with Crippen molar-refractivity contribution in [1.82, 2.24) is 0 Å². The van der Waals surface area contributed by atoms with Crippen molar-refractivity contribution in [2.75, 3.05) is 0 Å². The minimum absolute atomic E-state index is 0.232. The van der Waals surface area contributed by atoms with Gasteiger partial charge in [0.1, 0.15) is 5.78 Å². The van der Waals surface area contributed by atoms with E-state index >= 15 is 0 Å². The van der Waals surface area contributed by atoms with Crippen LogP contribution in [0, 0.1) is 0 Å². The molecule has 0 radical (unpaired) electrons. The molecule has 0 saturated heterocycles. The van der Waals surface area contributed by atoms with Crippen LogP contribution in [-0.4, -0.2) is 5.78 Å². The second-order valence-corrected chi connectivity index (χ2v) is 5.04. The molecule has 20 heavy (non-hydrogen) atoms. The van der Waals surface area contributed by atoms with Crippen molar-refractivity contribution in [3.8, 4) is 0 Å². The summed E-state index contributed by atoms with van der Waals surface area (Å²) < 4.78 is 0. The summed E-state index contributed by atoms with van der Waals surface area (Å²) in [6, 6.07) is 16.2. The number of carbonyl (C=O) groups excluding carboxylic acids is 1. The third-order valence-electron chi connectivity index (χ3n) is 3.56. The molecule has 2 nitrogen and oxygen atoms in total. The van der Waals surface area contributed by atoms with Gasteiger partial charge in [0.25, 0.3) is 0 Å². The minimum Gasteiger partial charge on any atom is -0.326 e. The van der Waals surface area contributed by atoms with E-state index < -0.39 is 0 Å². The fraction of sp³-hybridized carbons (Fsp3) is 0.278. The Hall–Kier alpha value is -1.93. The summed E-state index contributed by atoms with van der Waals surface area (Å²) in [7, 11) is 0. The van der Waals surface area contributed by atoms with Crippen LogP contribution in [-0.2, 0) is 30.6 Å². The van der Waals surface area contributed by atoms with Crippen molar-refractivity contribution >= 4 is 5.78 Å². The Morgan fingerprint density at radius 3 is 2.10 bits per heavy atom. The molecule has 0 atom stereocenters. The predicted octanol–water partition coefficient (Wildman–Crippen LogP) is 3.06. The van der Waals surface area contributed by atoms with E-state index in [0.717, 1.165) is 23.1 Å². The number of carbonyl (C=O) groups is 1. The molecule has 0 amide bonds. The Labute approximate surface area is 120 Å². The molecule has 2 rings (SSSR count). The Bertz CT molecular complexity index is 572. The van der Waals surface area contributed by atoms with Crippen LogP contribution in [0.3, 0.4) is 0 Å². The highest BCUT2D eigenvalue weighted by Crippen LogP contribution is 2.12. The van der Waals surface area contributed by atoms with Crippen LogP contribution in [0.1, 0.15) is 29.2 Å². The lowest BCUT2D eigenvalue weighted by molar-refractivity contribution is -0.117. The summed E-state index contributed by atoms with van der Waals surface area (Å²) in [4.78, 5) is 12.2. The van der Waals surface area contributed by atoms with Crippen LogP contribution < -0.4 is 5.73 Å². The second-order valence-electron chi connectivity index (χ2n) is 5.04. The topological polar surface area (TPSA) is 43.1 Å². The first-order valence-electron chi connectivity index (χ1n) is 7.09. The highest BCUT2D eigenvalue weighted by molar-refractivity contribution is 5.83. The molecule has 2 aromatic carbocycles. The lowest BCUT2D eigenvalue weighted by Gasteiger charge is -2.07. The maximum atomic E-state index is 12.2. The van der Waals surface area contributed by atoms with Crippen LogP contribution >= 0.6 is 0 Å². The number of aryl methyl sites for hydroxylation is 1. The standard InChI is InChI=1S/C18H21NO/c1-2-14-7-9-15(10-8-14)11-18(20)12-16-5-3-4-6-17(16)13-19/h3-10H,2,11-13,19H2,1H3. The van der Waals surface area contributed by atoms with E-state index in [4.69, 9.17) is 5.73 Å². The number of ketones is 1. The molecule has 2 N–H and O–H groups in total. The van der Waals surface area contributed by atoms with Gasteiger partial charge in [-0.2, -0.15) is 0 Å². The van der Waals surface area contributed by atoms with Crippen LogP contribution in [0.15, 0.2) is 48.5 Å². The number of hydrogen-bond donors (Lipinski definition) is 1. The largest absolute Gasteiger partial charge is 0.326 e. The highest BCUT2D eigenvalue weighted by atomic mass is 16.1. The first-order chi connectivity index (χ1) is 9.72. The third kappa shape index (κ3) is 3.78. The van der Waals surface area contributed by atoms with Crippen molar-refractivity contribution in [2.24, 2.45) is 5.73 Å². The van der Waals surface area contributed by atoms with Crippen LogP contribution in [0.25, 0.3) is 0 Å². The van der Waals surface area contributed by atoms with Crippen molar-refractivity contribution in [1.29, 1.82) is 0 Å². The highest BCUT2D eigenvalue weighted by Gasteiger charge is 2.08. The average Bonchev–Trinajstić information content (AvgIpc) is 2.48. The van der Waals surface area contributed by atoms with E-state index in [-0.39, 0.29) is 5.78 Å². The van der Waals surface area contributed by atoms with E-state index in [1.165, 1.54) is 5.56 Å². The number of benzene rings is 2. The maximum Gasteiger partial charge on any atom is 0.141 e. The number of rotatable bonds is 6. The Morgan fingerprint density at radius 1 is 0.900 bits per heavy atom. The second kappa shape index (κ2) is 7.01. The van der Waals surface area contributed by atoms with Gasteiger partial charge in [0, 0.05) is 19.4 Å². The Morgan fingerprint density at radius 2 is 1.50 bits per heavy atom. The van der Waals surface area contributed by atoms with E-state index in [9.17, 15) is 4.79 Å². The first kappa shape index (κ1) is 14.5. The van der Waals surface area contributed by atoms with Crippen molar-refractivity contribution in [2.45, 2.75) is 32.7 Å². The van der Waals surface area contributed by atoms with Gasteiger partial charge in [-0.1, -0.05) is 55.5 Å². The van der Waals surface area contributed by atoms with Crippen LogP contribution in [0.4, 0.5) is 0 Å². The summed E-state index contributed by atoms with van der Waals surface area (Å²) in [6.07, 6.45) is 1.98. The molecule has 104 valence electrons. The molecule has 2 aromatic rings. The minimum atomic E-state index is 0.232. The lowest BCUT2D eigenvalue weighted by atomic mass is 9.98. The number of Topliss-reactive ketones (excluding diaryl/α,β-unsaturated/α-hetero) is 1. The monoisotopic (exact) mass is 267 g/mol. The summed E-state index contributed by atoms with van der Waals surface area (Å²) in [5.74, 6) is 0.232. The number of nitrogens with two attached hydrogens (primary N) is 1. The van der Waals surface area contributed by atoms with E-state index in [0.29, 0.717) is 19.4 Å². The summed E-state index contributed by atoms with van der Waals surface area (Å²) in [5.41, 5.74) is 10.2. The smallest absolute Gasteiger partial charge is 0.141 e. The number of hydrogen-bond acceptors (Lipinski definition) is 2. The Balaban J connectivity index is 2.01.